The maximum Gasteiger partial charge on any atom is 0.312 e. The van der Waals surface area contributed by atoms with Crippen LogP contribution < -0.4 is 0 Å². The van der Waals surface area contributed by atoms with Crippen molar-refractivity contribution >= 4 is 5.97 Å². The zero-order valence-corrected chi connectivity index (χ0v) is 13.1. The van der Waals surface area contributed by atoms with Gasteiger partial charge in [-0.1, -0.05) is 48.5 Å². The predicted octanol–water partition coefficient (Wildman–Crippen LogP) is 4.28. The summed E-state index contributed by atoms with van der Waals surface area (Å²) >= 11 is 0. The summed E-state index contributed by atoms with van der Waals surface area (Å²) in [4.78, 5) is 12.2. The van der Waals surface area contributed by atoms with E-state index in [-0.39, 0.29) is 16.8 Å². The van der Waals surface area contributed by atoms with Gasteiger partial charge in [0.2, 0.25) is 0 Å². The zero-order chi connectivity index (χ0) is 14.1. The maximum absolute atomic E-state index is 12.2. The van der Waals surface area contributed by atoms with Gasteiger partial charge < -0.3 is 4.74 Å². The van der Waals surface area contributed by atoms with Gasteiger partial charge in [0.25, 0.3) is 0 Å². The molecule has 0 radical (unpaired) electrons. The molecule has 17 heavy (non-hydrogen) atoms. The minimum Gasteiger partial charge on any atom is -0.465 e. The Morgan fingerprint density at radius 2 is 1.41 bits per heavy atom. The van der Waals surface area contributed by atoms with Gasteiger partial charge in [-0.2, -0.15) is 0 Å². The Morgan fingerprint density at radius 1 is 1.00 bits per heavy atom. The molecule has 0 fully saturated rings. The molecule has 0 atom stereocenters. The molecule has 2 heteroatoms. The predicted molar refractivity (Wildman–Crippen MR) is 72.8 cm³/mol. The number of hydrogen-bond donors (Lipinski definition) is 0. The van der Waals surface area contributed by atoms with E-state index in [4.69, 9.17) is 4.74 Å². The molecule has 0 N–H and O–H groups in total. The van der Waals surface area contributed by atoms with Gasteiger partial charge in [0.15, 0.2) is 0 Å². The van der Waals surface area contributed by atoms with Gasteiger partial charge in [-0.3, -0.25) is 4.79 Å². The van der Waals surface area contributed by atoms with Crippen LogP contribution in [-0.4, -0.2) is 12.6 Å². The molecule has 0 aliphatic heterocycles. The first-order chi connectivity index (χ1) is 7.34. The second-order valence-corrected chi connectivity index (χ2v) is 7.49. The maximum atomic E-state index is 12.2. The molecule has 0 rings (SSSR count). The van der Waals surface area contributed by atoms with Crippen molar-refractivity contribution in [1.29, 1.82) is 0 Å². The topological polar surface area (TPSA) is 26.3 Å². The molecule has 0 unspecified atom stereocenters. The van der Waals surface area contributed by atoms with E-state index in [0.717, 1.165) is 0 Å². The molecule has 0 aromatic carbocycles. The number of carbonyl (C=O) groups excluding carboxylic acids is 1. The lowest BCUT2D eigenvalue weighted by Crippen LogP contribution is -2.48. The molecule has 0 amide bonds. The lowest BCUT2D eigenvalue weighted by molar-refractivity contribution is -0.167. The lowest BCUT2D eigenvalue weighted by atomic mass is 9.55. The smallest absolute Gasteiger partial charge is 0.312 e. The highest BCUT2D eigenvalue weighted by atomic mass is 16.5. The molecular weight excluding hydrogens is 212 g/mol. The van der Waals surface area contributed by atoms with Crippen molar-refractivity contribution in [3.63, 3.8) is 0 Å². The van der Waals surface area contributed by atoms with Gasteiger partial charge in [-0.05, 0) is 30.6 Å². The highest BCUT2D eigenvalue weighted by Crippen LogP contribution is 2.51. The Morgan fingerprint density at radius 3 is 1.71 bits per heavy atom. The van der Waals surface area contributed by atoms with E-state index in [1.54, 1.807) is 0 Å². The van der Waals surface area contributed by atoms with Crippen molar-refractivity contribution in [2.75, 3.05) is 6.61 Å². The summed E-state index contributed by atoms with van der Waals surface area (Å²) < 4.78 is 5.41. The fourth-order valence-corrected chi connectivity index (χ4v) is 1.62. The third-order valence-corrected chi connectivity index (χ3v) is 4.50. The Kier molecular flexibility index (Phi) is 4.84. The van der Waals surface area contributed by atoms with E-state index in [0.29, 0.717) is 12.5 Å². The number of esters is 1. The van der Waals surface area contributed by atoms with Crippen LogP contribution in [0.25, 0.3) is 0 Å². The van der Waals surface area contributed by atoms with Gasteiger partial charge in [-0.25, -0.2) is 0 Å². The largest absolute Gasteiger partial charge is 0.465 e. The quantitative estimate of drug-likeness (QED) is 0.688. The molecule has 0 saturated carbocycles. The number of ether oxygens (including phenoxy) is 1. The standard InChI is InChI=1S/C15H30O2/c1-11(2)10-17-12(16)14(6,7)15(8,9)13(3,4)5/h11H,10H2,1-9H3. The van der Waals surface area contributed by atoms with Crippen molar-refractivity contribution in [1.82, 2.24) is 0 Å². The lowest BCUT2D eigenvalue weighted by Gasteiger charge is -2.48. The molecule has 0 aromatic rings. The van der Waals surface area contributed by atoms with Crippen molar-refractivity contribution in [2.24, 2.45) is 22.2 Å². The molecule has 0 bridgehead atoms. The van der Waals surface area contributed by atoms with Gasteiger partial charge in [0.1, 0.15) is 0 Å². The molecule has 0 spiro atoms. The normalized spacial score (nSPS) is 14.0. The minimum atomic E-state index is -0.486. The highest BCUT2D eigenvalue weighted by molar-refractivity contribution is 5.77. The fraction of sp³-hybridized carbons (Fsp3) is 0.933. The number of hydrogen-bond acceptors (Lipinski definition) is 2. The van der Waals surface area contributed by atoms with Crippen molar-refractivity contribution < 1.29 is 9.53 Å². The second kappa shape index (κ2) is 4.99. The molecule has 2 nitrogen and oxygen atoms in total. The molecule has 0 aromatic heterocycles. The second-order valence-electron chi connectivity index (χ2n) is 7.49. The van der Waals surface area contributed by atoms with E-state index in [1.807, 2.05) is 13.8 Å². The third kappa shape index (κ3) is 3.46. The molecule has 102 valence electrons. The van der Waals surface area contributed by atoms with Crippen LogP contribution in [0, 0.1) is 22.2 Å². The average molecular weight is 242 g/mol. The molecule has 0 aliphatic rings. The van der Waals surface area contributed by atoms with E-state index < -0.39 is 5.41 Å². The monoisotopic (exact) mass is 242 g/mol. The van der Waals surface area contributed by atoms with Crippen molar-refractivity contribution in [3.05, 3.63) is 0 Å². The first-order valence-electron chi connectivity index (χ1n) is 6.51. The third-order valence-electron chi connectivity index (χ3n) is 4.50. The summed E-state index contributed by atoms with van der Waals surface area (Å²) in [5.41, 5.74) is -0.568. The van der Waals surface area contributed by atoms with E-state index in [1.165, 1.54) is 0 Å². The van der Waals surface area contributed by atoms with Crippen LogP contribution in [0.15, 0.2) is 0 Å². The van der Waals surface area contributed by atoms with Crippen LogP contribution in [0.1, 0.15) is 62.3 Å². The Hall–Kier alpha value is -0.530. The fourth-order valence-electron chi connectivity index (χ4n) is 1.62. The highest BCUT2D eigenvalue weighted by Gasteiger charge is 2.50. The summed E-state index contributed by atoms with van der Waals surface area (Å²) in [5.74, 6) is 0.290. The summed E-state index contributed by atoms with van der Waals surface area (Å²) in [6.07, 6.45) is 0. The van der Waals surface area contributed by atoms with Gasteiger partial charge in [0.05, 0.1) is 12.0 Å². The SMILES string of the molecule is CC(C)COC(=O)C(C)(C)C(C)(C)C(C)(C)C. The zero-order valence-electron chi connectivity index (χ0n) is 13.1. The summed E-state index contributed by atoms with van der Waals surface area (Å²) in [7, 11) is 0. The van der Waals surface area contributed by atoms with E-state index in [2.05, 4.69) is 48.5 Å². The van der Waals surface area contributed by atoms with Crippen LogP contribution >= 0.6 is 0 Å². The van der Waals surface area contributed by atoms with Crippen LogP contribution in [0.5, 0.6) is 0 Å². The van der Waals surface area contributed by atoms with Gasteiger partial charge >= 0.3 is 5.97 Å². The van der Waals surface area contributed by atoms with Gasteiger partial charge in [-0.15, -0.1) is 0 Å². The molecular formula is C15H30O2. The van der Waals surface area contributed by atoms with Crippen LogP contribution in [-0.2, 0) is 9.53 Å². The van der Waals surface area contributed by atoms with Crippen LogP contribution in [0.4, 0.5) is 0 Å². The average Bonchev–Trinajstić information content (AvgIpc) is 2.11. The first kappa shape index (κ1) is 16.5. The summed E-state index contributed by atoms with van der Waals surface area (Å²) in [6.45, 7) is 19.4. The Balaban J connectivity index is 4.94. The van der Waals surface area contributed by atoms with Gasteiger partial charge in [0, 0.05) is 0 Å². The Labute approximate surface area is 107 Å². The van der Waals surface area contributed by atoms with Crippen LogP contribution in [0.3, 0.4) is 0 Å². The first-order valence-corrected chi connectivity index (χ1v) is 6.51. The molecule has 0 aliphatic carbocycles. The van der Waals surface area contributed by atoms with Crippen molar-refractivity contribution in [3.8, 4) is 0 Å². The minimum absolute atomic E-state index is 0.0490. The Bertz CT molecular complexity index is 267. The van der Waals surface area contributed by atoms with Crippen LogP contribution in [0.2, 0.25) is 0 Å². The number of rotatable bonds is 4. The van der Waals surface area contributed by atoms with E-state index in [9.17, 15) is 4.79 Å². The van der Waals surface area contributed by atoms with E-state index >= 15 is 0 Å². The molecule has 0 heterocycles. The summed E-state index contributed by atoms with van der Waals surface area (Å²) in [5, 5.41) is 0. The molecule has 0 saturated heterocycles. The summed E-state index contributed by atoms with van der Waals surface area (Å²) in [6, 6.07) is 0. The number of carbonyl (C=O) groups is 1. The van der Waals surface area contributed by atoms with Crippen molar-refractivity contribution in [2.45, 2.75) is 62.3 Å².